The van der Waals surface area contributed by atoms with Crippen LogP contribution in [0.3, 0.4) is 0 Å². The van der Waals surface area contributed by atoms with Gasteiger partial charge in [-0.3, -0.25) is 0 Å². The van der Waals surface area contributed by atoms with E-state index in [9.17, 15) is 14.3 Å². The van der Waals surface area contributed by atoms with Crippen molar-refractivity contribution < 1.29 is 19.0 Å². The van der Waals surface area contributed by atoms with Crippen molar-refractivity contribution in [3.8, 4) is 0 Å². The van der Waals surface area contributed by atoms with E-state index in [1.165, 1.54) is 12.1 Å². The summed E-state index contributed by atoms with van der Waals surface area (Å²) >= 11 is 0. The average Bonchev–Trinajstić information content (AvgIpc) is 2.35. The Bertz CT molecular complexity index is 434. The maximum absolute atomic E-state index is 12.8. The van der Waals surface area contributed by atoms with Crippen LogP contribution in [-0.4, -0.2) is 29.8 Å². The summed E-state index contributed by atoms with van der Waals surface area (Å²) < 4.78 is 18.1. The lowest BCUT2D eigenvalue weighted by atomic mass is 9.81. The second-order valence-corrected chi connectivity index (χ2v) is 4.63. The van der Waals surface area contributed by atoms with Gasteiger partial charge in [0.1, 0.15) is 11.4 Å². The van der Waals surface area contributed by atoms with Crippen molar-refractivity contribution >= 4 is 11.7 Å². The van der Waals surface area contributed by atoms with E-state index >= 15 is 0 Å². The van der Waals surface area contributed by atoms with Crippen LogP contribution < -0.4 is 5.32 Å². The second kappa shape index (κ2) is 4.94. The van der Waals surface area contributed by atoms with Gasteiger partial charge in [-0.15, -0.1) is 0 Å². The van der Waals surface area contributed by atoms with E-state index in [4.69, 9.17) is 4.74 Å². The van der Waals surface area contributed by atoms with Crippen molar-refractivity contribution in [3.63, 3.8) is 0 Å². The van der Waals surface area contributed by atoms with Crippen LogP contribution in [0.2, 0.25) is 0 Å². The van der Waals surface area contributed by atoms with Gasteiger partial charge in [0, 0.05) is 24.6 Å². The fourth-order valence-electron chi connectivity index (χ4n) is 2.23. The number of rotatable bonds is 3. The number of carbonyl (C=O) groups is 1. The van der Waals surface area contributed by atoms with Gasteiger partial charge in [-0.1, -0.05) is 6.92 Å². The van der Waals surface area contributed by atoms with Gasteiger partial charge < -0.3 is 15.2 Å². The molecule has 0 bridgehead atoms. The molecule has 2 unspecified atom stereocenters. The quantitative estimate of drug-likeness (QED) is 0.866. The molecule has 2 rings (SSSR count). The molecular formula is C13H16FNO3. The molecule has 0 aromatic heterocycles. The maximum atomic E-state index is 12.8. The summed E-state index contributed by atoms with van der Waals surface area (Å²) in [6.45, 7) is 2.65. The van der Waals surface area contributed by atoms with E-state index in [-0.39, 0.29) is 11.7 Å². The second-order valence-electron chi connectivity index (χ2n) is 4.63. The van der Waals surface area contributed by atoms with Gasteiger partial charge >= 0.3 is 5.97 Å². The minimum absolute atomic E-state index is 0.159. The van der Waals surface area contributed by atoms with Crippen LogP contribution in [0.1, 0.15) is 13.3 Å². The molecule has 2 N–H and O–H groups in total. The molecule has 5 heteroatoms. The number of ether oxygens (including phenoxy) is 1. The van der Waals surface area contributed by atoms with E-state index in [2.05, 4.69) is 5.32 Å². The Kier molecular flexibility index (Phi) is 3.52. The fraction of sp³-hybridized carbons (Fsp3) is 0.462. The molecule has 1 heterocycles. The molecule has 0 saturated carbocycles. The minimum atomic E-state index is -1.05. The zero-order chi connectivity index (χ0) is 13.2. The lowest BCUT2D eigenvalue weighted by molar-refractivity contribution is -0.148. The van der Waals surface area contributed by atoms with E-state index in [1.807, 2.05) is 6.92 Å². The third kappa shape index (κ3) is 2.31. The van der Waals surface area contributed by atoms with E-state index in [1.54, 1.807) is 12.1 Å². The topological polar surface area (TPSA) is 58.6 Å². The first-order valence-corrected chi connectivity index (χ1v) is 5.89. The van der Waals surface area contributed by atoms with Crippen LogP contribution in [0.5, 0.6) is 0 Å². The normalized spacial score (nSPS) is 27.8. The molecule has 1 aromatic carbocycles. The fourth-order valence-corrected chi connectivity index (χ4v) is 2.23. The molecule has 1 saturated heterocycles. The predicted octanol–water partition coefficient (Wildman–Crippen LogP) is 2.12. The van der Waals surface area contributed by atoms with Gasteiger partial charge in [0.25, 0.3) is 0 Å². The standard InChI is InChI=1S/C13H16FNO3/c1-9-8-18-7-6-13(9,12(16)17)15-11-4-2-10(14)3-5-11/h2-5,9,15H,6-8H2,1H3,(H,16,17). The van der Waals surface area contributed by atoms with Crippen molar-refractivity contribution in [1.82, 2.24) is 0 Å². The molecule has 0 aliphatic carbocycles. The summed E-state index contributed by atoms with van der Waals surface area (Å²) in [6, 6.07) is 5.70. The Balaban J connectivity index is 2.25. The van der Waals surface area contributed by atoms with Gasteiger partial charge in [-0.2, -0.15) is 0 Å². The van der Waals surface area contributed by atoms with E-state index in [0.29, 0.717) is 25.3 Å². The molecule has 1 aliphatic heterocycles. The van der Waals surface area contributed by atoms with Gasteiger partial charge in [0.05, 0.1) is 6.61 Å². The largest absolute Gasteiger partial charge is 0.479 e. The Labute approximate surface area is 105 Å². The third-order valence-electron chi connectivity index (χ3n) is 3.44. The van der Waals surface area contributed by atoms with Crippen LogP contribution in [0.4, 0.5) is 10.1 Å². The molecule has 1 aromatic rings. The van der Waals surface area contributed by atoms with E-state index in [0.717, 1.165) is 0 Å². The molecule has 18 heavy (non-hydrogen) atoms. The monoisotopic (exact) mass is 253 g/mol. The minimum Gasteiger partial charge on any atom is -0.479 e. The lowest BCUT2D eigenvalue weighted by Gasteiger charge is -2.40. The molecular weight excluding hydrogens is 237 g/mol. The lowest BCUT2D eigenvalue weighted by Crippen LogP contribution is -2.56. The Morgan fingerprint density at radius 1 is 1.50 bits per heavy atom. The summed E-state index contributed by atoms with van der Waals surface area (Å²) in [5, 5.41) is 12.5. The molecule has 1 aliphatic rings. The Morgan fingerprint density at radius 3 is 2.72 bits per heavy atom. The highest BCUT2D eigenvalue weighted by Crippen LogP contribution is 2.31. The van der Waals surface area contributed by atoms with Crippen LogP contribution >= 0.6 is 0 Å². The number of carboxylic acids is 1. The molecule has 0 spiro atoms. The van der Waals surface area contributed by atoms with Crippen molar-refractivity contribution in [2.24, 2.45) is 5.92 Å². The summed E-state index contributed by atoms with van der Waals surface area (Å²) in [6.07, 6.45) is 0.390. The smallest absolute Gasteiger partial charge is 0.329 e. The summed E-state index contributed by atoms with van der Waals surface area (Å²) in [5.41, 5.74) is -0.441. The highest BCUT2D eigenvalue weighted by Gasteiger charge is 2.45. The molecule has 2 atom stereocenters. The zero-order valence-electron chi connectivity index (χ0n) is 10.1. The number of anilines is 1. The van der Waals surface area contributed by atoms with E-state index < -0.39 is 11.5 Å². The Hall–Kier alpha value is -1.62. The van der Waals surface area contributed by atoms with Crippen LogP contribution in [-0.2, 0) is 9.53 Å². The molecule has 0 amide bonds. The Morgan fingerprint density at radius 2 is 2.17 bits per heavy atom. The number of benzene rings is 1. The van der Waals surface area contributed by atoms with Crippen LogP contribution in [0.25, 0.3) is 0 Å². The number of nitrogens with one attached hydrogen (secondary N) is 1. The number of carboxylic acid groups (broad SMARTS) is 1. The summed E-state index contributed by atoms with van der Waals surface area (Å²) in [7, 11) is 0. The van der Waals surface area contributed by atoms with Gasteiger partial charge in [0.15, 0.2) is 0 Å². The van der Waals surface area contributed by atoms with Crippen molar-refractivity contribution in [2.75, 3.05) is 18.5 Å². The summed E-state index contributed by atoms with van der Waals surface area (Å²) in [5.74, 6) is -1.40. The number of halogens is 1. The SMILES string of the molecule is CC1COCCC1(Nc1ccc(F)cc1)C(=O)O. The van der Waals surface area contributed by atoms with Crippen molar-refractivity contribution in [1.29, 1.82) is 0 Å². The number of hydrogen-bond acceptors (Lipinski definition) is 3. The highest BCUT2D eigenvalue weighted by atomic mass is 19.1. The molecule has 0 radical (unpaired) electrons. The summed E-state index contributed by atoms with van der Waals surface area (Å²) in [4.78, 5) is 11.6. The predicted molar refractivity (Wildman–Crippen MR) is 65.0 cm³/mol. The van der Waals surface area contributed by atoms with Crippen molar-refractivity contribution in [3.05, 3.63) is 30.1 Å². The first kappa shape index (κ1) is 12.8. The van der Waals surface area contributed by atoms with Crippen LogP contribution in [0, 0.1) is 11.7 Å². The molecule has 1 fully saturated rings. The zero-order valence-corrected chi connectivity index (χ0v) is 10.1. The van der Waals surface area contributed by atoms with Gasteiger partial charge in [-0.25, -0.2) is 9.18 Å². The number of aliphatic carboxylic acids is 1. The van der Waals surface area contributed by atoms with Crippen molar-refractivity contribution in [2.45, 2.75) is 18.9 Å². The third-order valence-corrected chi connectivity index (χ3v) is 3.44. The first-order valence-electron chi connectivity index (χ1n) is 5.89. The maximum Gasteiger partial charge on any atom is 0.329 e. The average molecular weight is 253 g/mol. The van der Waals surface area contributed by atoms with Crippen LogP contribution in [0.15, 0.2) is 24.3 Å². The van der Waals surface area contributed by atoms with Gasteiger partial charge in [0.2, 0.25) is 0 Å². The van der Waals surface area contributed by atoms with Gasteiger partial charge in [-0.05, 0) is 24.3 Å². The molecule has 98 valence electrons. The molecule has 4 nitrogen and oxygen atoms in total. The number of hydrogen-bond donors (Lipinski definition) is 2. The first-order chi connectivity index (χ1) is 8.54. The highest BCUT2D eigenvalue weighted by molar-refractivity contribution is 5.83.